The number of aryl methyl sites for hydroxylation is 1. The van der Waals surface area contributed by atoms with Crippen LogP contribution in [-0.2, 0) is 16.8 Å². The number of nitrogens with one attached hydrogen (secondary N) is 1. The molecular formula is C31H30F3N3O4. The van der Waals surface area contributed by atoms with Gasteiger partial charge in [0.05, 0.1) is 18.8 Å². The van der Waals surface area contributed by atoms with E-state index in [9.17, 15) is 18.8 Å². The number of carbonyl (C=O) groups is 1. The molecule has 0 radical (unpaired) electrons. The predicted octanol–water partition coefficient (Wildman–Crippen LogP) is 5.85. The van der Waals surface area contributed by atoms with Crippen molar-refractivity contribution in [3.63, 3.8) is 0 Å². The Hall–Kier alpha value is -4.02. The van der Waals surface area contributed by atoms with Crippen LogP contribution in [0.15, 0.2) is 48.5 Å². The molecule has 10 heteroatoms. The minimum atomic E-state index is -1.49. The number of hydrogen-bond acceptors (Lipinski definition) is 6. The number of fused-ring (bicyclic) bond motifs is 1. The number of ether oxygens (including phenoxy) is 2. The predicted molar refractivity (Wildman–Crippen MR) is 147 cm³/mol. The van der Waals surface area contributed by atoms with Crippen LogP contribution in [-0.4, -0.2) is 40.8 Å². The molecule has 1 aliphatic heterocycles. The topological polar surface area (TPSA) is 93.6 Å². The SMILES string of the molecule is COc1cc(C(=O)NF)cc2cc(C)c(CC3OCCC3c3cc(C(C)(C)O)c(F)c(-c4ccc(F)cc4)n3)nc12. The second-order valence-corrected chi connectivity index (χ2v) is 10.8. The second kappa shape index (κ2) is 11.1. The van der Waals surface area contributed by atoms with Gasteiger partial charge >= 0.3 is 0 Å². The van der Waals surface area contributed by atoms with Crippen LogP contribution in [0.4, 0.5) is 13.3 Å². The highest BCUT2D eigenvalue weighted by Gasteiger charge is 2.35. The van der Waals surface area contributed by atoms with E-state index in [4.69, 9.17) is 14.5 Å². The fourth-order valence-electron chi connectivity index (χ4n) is 5.31. The highest BCUT2D eigenvalue weighted by molar-refractivity contribution is 5.99. The fraction of sp³-hybridized carbons (Fsp3) is 0.323. The van der Waals surface area contributed by atoms with Crippen LogP contribution < -0.4 is 10.3 Å². The maximum absolute atomic E-state index is 15.6. The molecule has 1 aliphatic rings. The molecule has 7 nitrogen and oxygen atoms in total. The van der Waals surface area contributed by atoms with E-state index >= 15 is 4.39 Å². The summed E-state index contributed by atoms with van der Waals surface area (Å²) in [5.41, 5.74) is 2.90. The van der Waals surface area contributed by atoms with Crippen LogP contribution in [0.25, 0.3) is 22.2 Å². The summed E-state index contributed by atoms with van der Waals surface area (Å²) in [4.78, 5) is 21.4. The van der Waals surface area contributed by atoms with E-state index in [0.717, 1.165) is 16.8 Å². The van der Waals surface area contributed by atoms with Crippen LogP contribution in [0, 0.1) is 18.6 Å². The Bertz CT molecular complexity index is 1620. The number of benzene rings is 2. The van der Waals surface area contributed by atoms with E-state index in [-0.39, 0.29) is 28.8 Å². The van der Waals surface area contributed by atoms with Gasteiger partial charge in [0, 0.05) is 52.4 Å². The van der Waals surface area contributed by atoms with Crippen LogP contribution in [0.3, 0.4) is 0 Å². The highest BCUT2D eigenvalue weighted by Crippen LogP contribution is 2.38. The van der Waals surface area contributed by atoms with Gasteiger partial charge in [0.1, 0.15) is 22.8 Å². The molecule has 2 aromatic heterocycles. The van der Waals surface area contributed by atoms with Crippen molar-refractivity contribution in [3.8, 4) is 17.0 Å². The molecule has 1 fully saturated rings. The van der Waals surface area contributed by atoms with E-state index in [1.807, 2.05) is 13.0 Å². The number of carbonyl (C=O) groups excluding carboxylic acids is 1. The zero-order valence-electron chi connectivity index (χ0n) is 23.1. The number of aliphatic hydroxyl groups is 1. The second-order valence-electron chi connectivity index (χ2n) is 10.8. The first-order chi connectivity index (χ1) is 19.5. The molecule has 2 aromatic carbocycles. The first-order valence-electron chi connectivity index (χ1n) is 13.2. The lowest BCUT2D eigenvalue weighted by Crippen LogP contribution is -2.23. The number of methoxy groups -OCH3 is 1. The standard InChI is InChI=1S/C31H30F3N3O4/c1-16-11-18-12-19(30(38)37-34)13-26(40-4)28(18)35-23(16)15-25-21(9-10-41-25)24-14-22(31(2,3)39)27(33)29(36-24)17-5-7-20(32)8-6-17/h5-8,11-14,21,25,39H,9-10,15H2,1-4H3,(H,37,38). The van der Waals surface area contributed by atoms with Crippen molar-refractivity contribution in [2.75, 3.05) is 13.7 Å². The van der Waals surface area contributed by atoms with Gasteiger partial charge in [-0.1, -0.05) is 4.48 Å². The number of halogens is 3. The Kier molecular flexibility index (Phi) is 7.72. The Balaban J connectivity index is 1.54. The molecule has 0 spiro atoms. The van der Waals surface area contributed by atoms with Crippen molar-refractivity contribution in [1.82, 2.24) is 15.5 Å². The van der Waals surface area contributed by atoms with Crippen LogP contribution >= 0.6 is 0 Å². The third kappa shape index (κ3) is 5.62. The average molecular weight is 566 g/mol. The maximum atomic E-state index is 15.6. The summed E-state index contributed by atoms with van der Waals surface area (Å²) in [6.45, 7) is 5.35. The minimum absolute atomic E-state index is 0.0307. The Labute approximate surface area is 235 Å². The quantitative estimate of drug-likeness (QED) is 0.273. The van der Waals surface area contributed by atoms with Gasteiger partial charge in [-0.3, -0.25) is 4.79 Å². The molecule has 2 atom stereocenters. The van der Waals surface area contributed by atoms with Gasteiger partial charge in [-0.2, -0.15) is 5.54 Å². The Morgan fingerprint density at radius 3 is 2.54 bits per heavy atom. The summed E-state index contributed by atoms with van der Waals surface area (Å²) in [5, 5.41) is 11.4. The lowest BCUT2D eigenvalue weighted by Gasteiger charge is -2.24. The first kappa shape index (κ1) is 28.5. The molecule has 1 saturated heterocycles. The monoisotopic (exact) mass is 565 g/mol. The lowest BCUT2D eigenvalue weighted by atomic mass is 9.88. The van der Waals surface area contributed by atoms with Crippen molar-refractivity contribution in [3.05, 3.63) is 88.2 Å². The van der Waals surface area contributed by atoms with Crippen molar-refractivity contribution >= 4 is 16.8 Å². The van der Waals surface area contributed by atoms with Gasteiger partial charge in [-0.25, -0.2) is 18.7 Å². The third-order valence-corrected chi connectivity index (χ3v) is 7.48. The summed E-state index contributed by atoms with van der Waals surface area (Å²) >= 11 is 0. The largest absolute Gasteiger partial charge is 0.494 e. The molecule has 214 valence electrons. The van der Waals surface area contributed by atoms with Gasteiger partial charge in [0.2, 0.25) is 0 Å². The smallest absolute Gasteiger partial charge is 0.279 e. The van der Waals surface area contributed by atoms with Crippen LogP contribution in [0.1, 0.15) is 59.1 Å². The number of aromatic nitrogens is 2. The van der Waals surface area contributed by atoms with Crippen molar-refractivity contribution < 1.29 is 32.6 Å². The number of rotatable bonds is 7. The molecule has 2 N–H and O–H groups in total. The van der Waals surface area contributed by atoms with Gasteiger partial charge in [-0.05, 0) is 81.3 Å². The Morgan fingerprint density at radius 2 is 1.88 bits per heavy atom. The van der Waals surface area contributed by atoms with Gasteiger partial charge in [0.25, 0.3) is 5.91 Å². The van der Waals surface area contributed by atoms with Crippen LogP contribution in [0.5, 0.6) is 5.75 Å². The summed E-state index contributed by atoms with van der Waals surface area (Å²) in [6, 6.07) is 11.8. The van der Waals surface area contributed by atoms with E-state index in [2.05, 4.69) is 4.98 Å². The number of nitrogens with zero attached hydrogens (tertiary/aromatic N) is 2. The molecule has 0 saturated carbocycles. The molecule has 4 aromatic rings. The van der Waals surface area contributed by atoms with Crippen molar-refractivity contribution in [2.45, 2.75) is 51.2 Å². The van der Waals surface area contributed by atoms with Crippen molar-refractivity contribution in [2.24, 2.45) is 0 Å². The molecule has 5 rings (SSSR count). The molecule has 3 heterocycles. The number of amides is 1. The van der Waals surface area contributed by atoms with E-state index < -0.39 is 23.1 Å². The van der Waals surface area contributed by atoms with Crippen molar-refractivity contribution in [1.29, 1.82) is 0 Å². The van der Waals surface area contributed by atoms with E-state index in [0.29, 0.717) is 47.4 Å². The molecule has 2 unspecified atom stereocenters. The minimum Gasteiger partial charge on any atom is -0.494 e. The Morgan fingerprint density at radius 1 is 1.15 bits per heavy atom. The van der Waals surface area contributed by atoms with Crippen LogP contribution in [0.2, 0.25) is 0 Å². The zero-order chi connectivity index (χ0) is 29.5. The van der Waals surface area contributed by atoms with E-state index in [1.54, 1.807) is 12.1 Å². The molecule has 0 bridgehead atoms. The zero-order valence-corrected chi connectivity index (χ0v) is 23.1. The molecule has 0 aliphatic carbocycles. The molecule has 1 amide bonds. The summed E-state index contributed by atoms with van der Waals surface area (Å²) in [5.74, 6) is -1.90. The first-order valence-corrected chi connectivity index (χ1v) is 13.2. The maximum Gasteiger partial charge on any atom is 0.279 e. The highest BCUT2D eigenvalue weighted by atomic mass is 19.2. The number of pyridine rings is 2. The third-order valence-electron chi connectivity index (χ3n) is 7.48. The van der Waals surface area contributed by atoms with Gasteiger partial charge < -0.3 is 14.6 Å². The number of hydrogen-bond donors (Lipinski definition) is 2. The lowest BCUT2D eigenvalue weighted by molar-refractivity contribution is 0.0740. The average Bonchev–Trinajstić information content (AvgIpc) is 3.40. The summed E-state index contributed by atoms with van der Waals surface area (Å²) in [7, 11) is 1.45. The van der Waals surface area contributed by atoms with Gasteiger partial charge in [0.15, 0.2) is 5.82 Å². The molecular weight excluding hydrogens is 535 g/mol. The van der Waals surface area contributed by atoms with Gasteiger partial charge in [-0.15, -0.1) is 0 Å². The van der Waals surface area contributed by atoms with E-state index in [1.165, 1.54) is 51.3 Å². The fourth-order valence-corrected chi connectivity index (χ4v) is 5.31. The normalized spacial score (nSPS) is 17.2. The molecule has 41 heavy (non-hydrogen) atoms. The summed E-state index contributed by atoms with van der Waals surface area (Å²) < 4.78 is 53.6. The summed E-state index contributed by atoms with van der Waals surface area (Å²) in [6.07, 6.45) is 0.676.